The van der Waals surface area contributed by atoms with Crippen molar-refractivity contribution in [2.24, 2.45) is 0 Å². The van der Waals surface area contributed by atoms with Gasteiger partial charge in [0.2, 0.25) is 11.0 Å². The molecule has 1 aromatic heterocycles. The molecule has 0 saturated carbocycles. The number of hydrogen-bond donors (Lipinski definition) is 2. The van der Waals surface area contributed by atoms with Crippen molar-refractivity contribution >= 4 is 33.8 Å². The number of nitrogens with two attached hydrogens (primary N) is 1. The van der Waals surface area contributed by atoms with Crippen LogP contribution in [0.1, 0.15) is 25.8 Å². The van der Waals surface area contributed by atoms with E-state index in [1.807, 2.05) is 37.8 Å². The Morgan fingerprint density at radius 1 is 1.46 bits per heavy atom. The Hall–Kier alpha value is -2.35. The predicted octanol–water partition coefficient (Wildman–Crippen LogP) is 2.30. The molecule has 8 heteroatoms. The van der Waals surface area contributed by atoms with Crippen molar-refractivity contribution in [1.82, 2.24) is 10.2 Å². The van der Waals surface area contributed by atoms with Crippen LogP contribution in [0.25, 0.3) is 0 Å². The fourth-order valence-electron chi connectivity index (χ4n) is 2.67. The third-order valence-corrected chi connectivity index (χ3v) is 4.62. The topological polar surface area (TPSA) is 93.4 Å². The van der Waals surface area contributed by atoms with Gasteiger partial charge < -0.3 is 15.4 Å². The number of carbonyl (C=O) groups is 1. The quantitative estimate of drug-likeness (QED) is 0.824. The van der Waals surface area contributed by atoms with Crippen LogP contribution in [0.15, 0.2) is 18.2 Å². The maximum atomic E-state index is 12.4. The van der Waals surface area contributed by atoms with E-state index in [9.17, 15) is 4.79 Å². The lowest BCUT2D eigenvalue weighted by Gasteiger charge is -2.40. The first kappa shape index (κ1) is 16.5. The van der Waals surface area contributed by atoms with Gasteiger partial charge in [0.25, 0.3) is 0 Å². The summed E-state index contributed by atoms with van der Waals surface area (Å²) in [5.41, 5.74) is 6.94. The first-order chi connectivity index (χ1) is 11.4. The zero-order valence-electron chi connectivity index (χ0n) is 14.0. The molecular formula is C16H21N5O2S. The van der Waals surface area contributed by atoms with E-state index < -0.39 is 5.60 Å². The SMILES string of the molecule is CCc1nnc(NC(=O)CN2CC(C)(C)Oc3cc(N)ccc32)s1. The lowest BCUT2D eigenvalue weighted by Crippen LogP contribution is -2.49. The zero-order valence-corrected chi connectivity index (χ0v) is 14.8. The maximum absolute atomic E-state index is 12.4. The highest BCUT2D eigenvalue weighted by Gasteiger charge is 2.32. The van der Waals surface area contributed by atoms with Crippen molar-refractivity contribution in [3.63, 3.8) is 0 Å². The highest BCUT2D eigenvalue weighted by molar-refractivity contribution is 7.15. The summed E-state index contributed by atoms with van der Waals surface area (Å²) < 4.78 is 5.97. The van der Waals surface area contributed by atoms with Gasteiger partial charge in [-0.1, -0.05) is 18.3 Å². The minimum Gasteiger partial charge on any atom is -0.484 e. The standard InChI is InChI=1S/C16H21N5O2S/c1-4-14-19-20-15(24-14)18-13(22)8-21-9-16(2,3)23-12-7-10(17)5-6-11(12)21/h5-7H,4,8-9,17H2,1-3H3,(H,18,20,22). The smallest absolute Gasteiger partial charge is 0.245 e. The number of aromatic nitrogens is 2. The first-order valence-corrected chi connectivity index (χ1v) is 8.63. The summed E-state index contributed by atoms with van der Waals surface area (Å²) >= 11 is 1.40. The molecule has 2 aromatic rings. The Balaban J connectivity index is 1.75. The van der Waals surface area contributed by atoms with Gasteiger partial charge in [0.05, 0.1) is 18.8 Å². The second-order valence-corrected chi connectivity index (χ2v) is 7.41. The molecule has 2 heterocycles. The second kappa shape index (κ2) is 6.27. The molecule has 0 spiro atoms. The molecule has 0 atom stereocenters. The number of rotatable bonds is 4. The average Bonchev–Trinajstić information content (AvgIpc) is 2.92. The molecule has 3 N–H and O–H groups in total. The van der Waals surface area contributed by atoms with Gasteiger partial charge in [-0.2, -0.15) is 0 Å². The monoisotopic (exact) mass is 347 g/mol. The summed E-state index contributed by atoms with van der Waals surface area (Å²) in [6.07, 6.45) is 0.806. The Kier molecular flexibility index (Phi) is 4.31. The van der Waals surface area contributed by atoms with E-state index >= 15 is 0 Å². The molecule has 0 aliphatic carbocycles. The van der Waals surface area contributed by atoms with Gasteiger partial charge in [0.15, 0.2) is 0 Å². The number of amides is 1. The number of carbonyl (C=O) groups excluding carboxylic acids is 1. The van der Waals surface area contributed by atoms with Crippen molar-refractivity contribution < 1.29 is 9.53 Å². The molecule has 1 aliphatic heterocycles. The van der Waals surface area contributed by atoms with Gasteiger partial charge in [-0.3, -0.25) is 10.1 Å². The van der Waals surface area contributed by atoms with Crippen LogP contribution in [0.3, 0.4) is 0 Å². The van der Waals surface area contributed by atoms with E-state index in [1.54, 1.807) is 6.07 Å². The number of nitrogen functional groups attached to an aromatic ring is 1. The third kappa shape index (κ3) is 3.59. The number of nitrogens with one attached hydrogen (secondary N) is 1. The second-order valence-electron chi connectivity index (χ2n) is 6.35. The summed E-state index contributed by atoms with van der Waals surface area (Å²) in [5.74, 6) is 0.567. The van der Waals surface area contributed by atoms with Crippen LogP contribution < -0.4 is 20.7 Å². The van der Waals surface area contributed by atoms with E-state index in [-0.39, 0.29) is 12.5 Å². The molecule has 24 heavy (non-hydrogen) atoms. The molecule has 1 aromatic carbocycles. The Morgan fingerprint density at radius 2 is 2.25 bits per heavy atom. The van der Waals surface area contributed by atoms with Crippen molar-refractivity contribution in [3.8, 4) is 5.75 Å². The predicted molar refractivity (Wildman–Crippen MR) is 95.7 cm³/mol. The van der Waals surface area contributed by atoms with Crippen LogP contribution in [0.5, 0.6) is 5.75 Å². The molecule has 3 rings (SSSR count). The summed E-state index contributed by atoms with van der Waals surface area (Å²) in [4.78, 5) is 14.4. The van der Waals surface area contributed by atoms with Gasteiger partial charge in [-0.15, -0.1) is 10.2 Å². The van der Waals surface area contributed by atoms with Crippen LogP contribution in [-0.2, 0) is 11.2 Å². The number of hydrogen-bond acceptors (Lipinski definition) is 7. The van der Waals surface area contributed by atoms with Crippen LogP contribution in [-0.4, -0.2) is 34.8 Å². The first-order valence-electron chi connectivity index (χ1n) is 7.82. The molecule has 0 fully saturated rings. The van der Waals surface area contributed by atoms with Crippen molar-refractivity contribution in [1.29, 1.82) is 0 Å². The highest BCUT2D eigenvalue weighted by Crippen LogP contribution is 2.38. The van der Waals surface area contributed by atoms with Crippen LogP contribution >= 0.6 is 11.3 Å². The largest absolute Gasteiger partial charge is 0.484 e. The average molecular weight is 347 g/mol. The Labute approximate surface area is 144 Å². The van der Waals surface area contributed by atoms with Gasteiger partial charge >= 0.3 is 0 Å². The minimum absolute atomic E-state index is 0.130. The van der Waals surface area contributed by atoms with E-state index in [1.165, 1.54) is 11.3 Å². The lowest BCUT2D eigenvalue weighted by molar-refractivity contribution is -0.115. The van der Waals surface area contributed by atoms with E-state index in [0.717, 1.165) is 17.1 Å². The number of anilines is 3. The molecule has 128 valence electrons. The van der Waals surface area contributed by atoms with Crippen molar-refractivity contribution in [3.05, 3.63) is 23.2 Å². The van der Waals surface area contributed by atoms with Crippen LogP contribution in [0.2, 0.25) is 0 Å². The normalized spacial score (nSPS) is 15.5. The Morgan fingerprint density at radius 3 is 2.96 bits per heavy atom. The number of fused-ring (bicyclic) bond motifs is 1. The molecule has 0 radical (unpaired) electrons. The Bertz CT molecular complexity index is 759. The van der Waals surface area contributed by atoms with Crippen molar-refractivity contribution in [2.75, 3.05) is 29.0 Å². The van der Waals surface area contributed by atoms with Crippen LogP contribution in [0.4, 0.5) is 16.5 Å². The third-order valence-electron chi connectivity index (χ3n) is 3.63. The molecule has 0 saturated heterocycles. The molecule has 0 unspecified atom stereocenters. The summed E-state index contributed by atoms with van der Waals surface area (Å²) in [5, 5.41) is 12.2. The van der Waals surface area contributed by atoms with Crippen molar-refractivity contribution in [2.45, 2.75) is 32.8 Å². The van der Waals surface area contributed by atoms with Gasteiger partial charge in [-0.25, -0.2) is 0 Å². The fraction of sp³-hybridized carbons (Fsp3) is 0.438. The molecule has 1 aliphatic rings. The van der Waals surface area contributed by atoms with Gasteiger partial charge in [0.1, 0.15) is 16.4 Å². The molecular weight excluding hydrogens is 326 g/mol. The minimum atomic E-state index is -0.404. The van der Waals surface area contributed by atoms with E-state index in [4.69, 9.17) is 10.5 Å². The van der Waals surface area contributed by atoms with E-state index in [0.29, 0.717) is 23.1 Å². The maximum Gasteiger partial charge on any atom is 0.245 e. The number of nitrogens with zero attached hydrogens (tertiary/aromatic N) is 3. The molecule has 0 bridgehead atoms. The molecule has 7 nitrogen and oxygen atoms in total. The van der Waals surface area contributed by atoms with E-state index in [2.05, 4.69) is 15.5 Å². The lowest BCUT2D eigenvalue weighted by atomic mass is 10.0. The fourth-order valence-corrected chi connectivity index (χ4v) is 3.36. The van der Waals surface area contributed by atoms with Gasteiger partial charge in [0, 0.05) is 11.8 Å². The van der Waals surface area contributed by atoms with Crippen LogP contribution in [0, 0.1) is 0 Å². The summed E-state index contributed by atoms with van der Waals surface area (Å²) in [7, 11) is 0. The summed E-state index contributed by atoms with van der Waals surface area (Å²) in [6.45, 7) is 6.80. The highest BCUT2D eigenvalue weighted by atomic mass is 32.1. The molecule has 1 amide bonds. The number of aryl methyl sites for hydroxylation is 1. The number of ether oxygens (including phenoxy) is 1. The number of benzene rings is 1. The summed E-state index contributed by atoms with van der Waals surface area (Å²) in [6, 6.07) is 5.48. The zero-order chi connectivity index (χ0) is 17.3. The van der Waals surface area contributed by atoms with Gasteiger partial charge in [-0.05, 0) is 32.4 Å².